The van der Waals surface area contributed by atoms with E-state index in [1.807, 2.05) is 30.3 Å². The molecular weight excluding hydrogens is 240 g/mol. The van der Waals surface area contributed by atoms with Gasteiger partial charge in [0.1, 0.15) is 0 Å². The van der Waals surface area contributed by atoms with Gasteiger partial charge in [-0.15, -0.1) is 0 Å². The standard InChI is InChI=1S/C15H22N2O2/c16-15(8-4-5-9-15)14(18)17-10-11-19-12-13-6-2-1-3-7-13/h1-3,6-7H,4-5,8-12,16H2,(H,17,18). The van der Waals surface area contributed by atoms with Crippen LogP contribution < -0.4 is 11.1 Å². The number of nitrogens with two attached hydrogens (primary N) is 1. The number of rotatable bonds is 6. The summed E-state index contributed by atoms with van der Waals surface area (Å²) in [6.45, 7) is 1.60. The molecule has 0 heterocycles. The van der Waals surface area contributed by atoms with Gasteiger partial charge in [0.2, 0.25) is 5.91 Å². The molecule has 19 heavy (non-hydrogen) atoms. The molecular formula is C15H22N2O2. The Hall–Kier alpha value is -1.39. The molecule has 1 aliphatic rings. The highest BCUT2D eigenvalue weighted by molar-refractivity contribution is 5.86. The molecule has 2 rings (SSSR count). The van der Waals surface area contributed by atoms with Crippen molar-refractivity contribution in [1.29, 1.82) is 0 Å². The monoisotopic (exact) mass is 262 g/mol. The van der Waals surface area contributed by atoms with Gasteiger partial charge in [-0.25, -0.2) is 0 Å². The number of carbonyl (C=O) groups excluding carboxylic acids is 1. The SMILES string of the molecule is NC1(C(=O)NCCOCc2ccccc2)CCCC1. The summed E-state index contributed by atoms with van der Waals surface area (Å²) >= 11 is 0. The van der Waals surface area contributed by atoms with Crippen LogP contribution in [0.5, 0.6) is 0 Å². The van der Waals surface area contributed by atoms with E-state index < -0.39 is 5.54 Å². The Bertz CT molecular complexity index is 400. The molecule has 1 aromatic rings. The van der Waals surface area contributed by atoms with E-state index in [0.717, 1.165) is 31.2 Å². The molecule has 3 N–H and O–H groups in total. The van der Waals surface area contributed by atoms with Gasteiger partial charge in [0.25, 0.3) is 0 Å². The summed E-state index contributed by atoms with van der Waals surface area (Å²) in [5, 5.41) is 2.86. The van der Waals surface area contributed by atoms with Crippen LogP contribution in [0.2, 0.25) is 0 Å². The first-order chi connectivity index (χ1) is 9.21. The number of ether oxygens (including phenoxy) is 1. The molecule has 0 radical (unpaired) electrons. The highest BCUT2D eigenvalue weighted by Gasteiger charge is 2.36. The van der Waals surface area contributed by atoms with Crippen molar-refractivity contribution in [3.05, 3.63) is 35.9 Å². The fourth-order valence-electron chi connectivity index (χ4n) is 2.41. The van der Waals surface area contributed by atoms with Crippen LogP contribution >= 0.6 is 0 Å². The van der Waals surface area contributed by atoms with Gasteiger partial charge in [-0.3, -0.25) is 4.79 Å². The normalized spacial score (nSPS) is 17.3. The van der Waals surface area contributed by atoms with E-state index in [1.165, 1.54) is 0 Å². The second-order valence-electron chi connectivity index (χ2n) is 5.16. The first-order valence-corrected chi connectivity index (χ1v) is 6.90. The van der Waals surface area contributed by atoms with Crippen molar-refractivity contribution in [1.82, 2.24) is 5.32 Å². The Morgan fingerprint density at radius 2 is 1.95 bits per heavy atom. The molecule has 4 heteroatoms. The van der Waals surface area contributed by atoms with Crippen LogP contribution in [-0.2, 0) is 16.1 Å². The molecule has 4 nitrogen and oxygen atoms in total. The molecule has 0 unspecified atom stereocenters. The summed E-state index contributed by atoms with van der Waals surface area (Å²) in [6, 6.07) is 9.99. The molecule has 0 atom stereocenters. The lowest BCUT2D eigenvalue weighted by Gasteiger charge is -2.22. The minimum Gasteiger partial charge on any atom is -0.375 e. The zero-order chi connectivity index (χ0) is 13.6. The van der Waals surface area contributed by atoms with Crippen LogP contribution in [0.3, 0.4) is 0 Å². The Kier molecular flexibility index (Phi) is 4.93. The maximum Gasteiger partial charge on any atom is 0.240 e. The van der Waals surface area contributed by atoms with Crippen molar-refractivity contribution in [2.24, 2.45) is 5.73 Å². The summed E-state index contributed by atoms with van der Waals surface area (Å²) in [7, 11) is 0. The molecule has 0 aromatic heterocycles. The van der Waals surface area contributed by atoms with Gasteiger partial charge >= 0.3 is 0 Å². The molecule has 1 aliphatic carbocycles. The Balaban J connectivity index is 1.60. The molecule has 1 amide bonds. The molecule has 0 saturated heterocycles. The first-order valence-electron chi connectivity index (χ1n) is 6.90. The second kappa shape index (κ2) is 6.68. The predicted molar refractivity (Wildman–Crippen MR) is 74.5 cm³/mol. The summed E-state index contributed by atoms with van der Waals surface area (Å²) < 4.78 is 5.51. The third-order valence-electron chi connectivity index (χ3n) is 3.59. The van der Waals surface area contributed by atoms with E-state index in [2.05, 4.69) is 5.32 Å². The lowest BCUT2D eigenvalue weighted by Crippen LogP contribution is -2.52. The Morgan fingerprint density at radius 3 is 2.63 bits per heavy atom. The van der Waals surface area contributed by atoms with Crippen LogP contribution in [0.15, 0.2) is 30.3 Å². The summed E-state index contributed by atoms with van der Waals surface area (Å²) in [5.74, 6) is -0.0340. The van der Waals surface area contributed by atoms with Gasteiger partial charge in [0, 0.05) is 6.54 Å². The number of nitrogens with one attached hydrogen (secondary N) is 1. The molecule has 104 valence electrons. The van der Waals surface area contributed by atoms with Crippen molar-refractivity contribution in [2.45, 2.75) is 37.8 Å². The lowest BCUT2D eigenvalue weighted by atomic mass is 9.98. The number of amides is 1. The number of benzene rings is 1. The molecule has 0 spiro atoms. The highest BCUT2D eigenvalue weighted by atomic mass is 16.5. The lowest BCUT2D eigenvalue weighted by molar-refractivity contribution is -0.126. The van der Waals surface area contributed by atoms with Gasteiger partial charge < -0.3 is 15.8 Å². The van der Waals surface area contributed by atoms with Crippen LogP contribution in [0, 0.1) is 0 Å². The van der Waals surface area contributed by atoms with Crippen molar-refractivity contribution < 1.29 is 9.53 Å². The molecule has 0 bridgehead atoms. The van der Waals surface area contributed by atoms with E-state index in [4.69, 9.17) is 10.5 Å². The van der Waals surface area contributed by atoms with Gasteiger partial charge in [-0.2, -0.15) is 0 Å². The number of carbonyl (C=O) groups is 1. The van der Waals surface area contributed by atoms with Crippen LogP contribution in [0.25, 0.3) is 0 Å². The van der Waals surface area contributed by atoms with Gasteiger partial charge in [-0.1, -0.05) is 43.2 Å². The zero-order valence-corrected chi connectivity index (χ0v) is 11.2. The fourth-order valence-corrected chi connectivity index (χ4v) is 2.41. The van der Waals surface area contributed by atoms with Crippen molar-refractivity contribution >= 4 is 5.91 Å². The van der Waals surface area contributed by atoms with Gasteiger partial charge in [0.05, 0.1) is 18.8 Å². The quantitative estimate of drug-likeness (QED) is 0.765. The molecule has 0 aliphatic heterocycles. The topological polar surface area (TPSA) is 64.4 Å². The van der Waals surface area contributed by atoms with E-state index in [-0.39, 0.29) is 5.91 Å². The average molecular weight is 262 g/mol. The zero-order valence-electron chi connectivity index (χ0n) is 11.2. The van der Waals surface area contributed by atoms with E-state index in [9.17, 15) is 4.79 Å². The predicted octanol–water partition coefficient (Wildman–Crippen LogP) is 1.59. The van der Waals surface area contributed by atoms with Crippen LogP contribution in [-0.4, -0.2) is 24.6 Å². The third-order valence-corrected chi connectivity index (χ3v) is 3.59. The van der Waals surface area contributed by atoms with Crippen LogP contribution in [0.1, 0.15) is 31.2 Å². The molecule has 1 fully saturated rings. The first kappa shape index (κ1) is 14.0. The smallest absolute Gasteiger partial charge is 0.240 e. The summed E-state index contributed by atoms with van der Waals surface area (Å²) in [4.78, 5) is 11.9. The van der Waals surface area contributed by atoms with Crippen molar-refractivity contribution in [3.63, 3.8) is 0 Å². The molecule has 1 saturated carbocycles. The highest BCUT2D eigenvalue weighted by Crippen LogP contribution is 2.26. The fraction of sp³-hybridized carbons (Fsp3) is 0.533. The third kappa shape index (κ3) is 4.04. The van der Waals surface area contributed by atoms with E-state index in [1.54, 1.807) is 0 Å². The molecule has 1 aromatic carbocycles. The summed E-state index contributed by atoms with van der Waals surface area (Å²) in [5.41, 5.74) is 6.55. The van der Waals surface area contributed by atoms with Crippen LogP contribution in [0.4, 0.5) is 0 Å². The Labute approximate surface area is 114 Å². The minimum absolute atomic E-state index is 0.0340. The minimum atomic E-state index is -0.639. The van der Waals surface area contributed by atoms with Crippen molar-refractivity contribution in [2.75, 3.05) is 13.2 Å². The van der Waals surface area contributed by atoms with E-state index in [0.29, 0.717) is 19.8 Å². The van der Waals surface area contributed by atoms with Gasteiger partial charge in [-0.05, 0) is 18.4 Å². The number of hydrogen-bond donors (Lipinski definition) is 2. The maximum atomic E-state index is 11.9. The summed E-state index contributed by atoms with van der Waals surface area (Å²) in [6.07, 6.45) is 3.69. The number of hydrogen-bond acceptors (Lipinski definition) is 3. The largest absolute Gasteiger partial charge is 0.375 e. The maximum absolute atomic E-state index is 11.9. The second-order valence-corrected chi connectivity index (χ2v) is 5.16. The van der Waals surface area contributed by atoms with E-state index >= 15 is 0 Å². The average Bonchev–Trinajstić information content (AvgIpc) is 2.88. The Morgan fingerprint density at radius 1 is 1.26 bits per heavy atom. The van der Waals surface area contributed by atoms with Gasteiger partial charge in [0.15, 0.2) is 0 Å². The van der Waals surface area contributed by atoms with Crippen molar-refractivity contribution in [3.8, 4) is 0 Å².